The van der Waals surface area contributed by atoms with Crippen LogP contribution >= 0.6 is 0 Å². The van der Waals surface area contributed by atoms with E-state index >= 15 is 0 Å². The van der Waals surface area contributed by atoms with Crippen molar-refractivity contribution >= 4 is 5.91 Å². The Balaban J connectivity index is 1.43. The summed E-state index contributed by atoms with van der Waals surface area (Å²) in [5, 5.41) is 0. The van der Waals surface area contributed by atoms with Gasteiger partial charge in [-0.25, -0.2) is 0 Å². The summed E-state index contributed by atoms with van der Waals surface area (Å²) in [7, 11) is 0. The van der Waals surface area contributed by atoms with Gasteiger partial charge in [0, 0.05) is 44.0 Å². The second-order valence-electron chi connectivity index (χ2n) is 6.92. The molecule has 1 amide bonds. The van der Waals surface area contributed by atoms with Crippen molar-refractivity contribution in [3.63, 3.8) is 0 Å². The first-order valence-corrected chi connectivity index (χ1v) is 8.69. The van der Waals surface area contributed by atoms with E-state index in [0.29, 0.717) is 18.9 Å². The summed E-state index contributed by atoms with van der Waals surface area (Å²) in [6.07, 6.45) is 9.10. The van der Waals surface area contributed by atoms with Crippen molar-refractivity contribution < 1.29 is 9.21 Å². The van der Waals surface area contributed by atoms with Crippen LogP contribution in [0.5, 0.6) is 0 Å². The maximum atomic E-state index is 12.5. The van der Waals surface area contributed by atoms with Gasteiger partial charge in [0.05, 0.1) is 12.8 Å². The maximum absolute atomic E-state index is 12.5. The van der Waals surface area contributed by atoms with Crippen LogP contribution in [0.15, 0.2) is 47.3 Å². The fourth-order valence-corrected chi connectivity index (χ4v) is 4.07. The summed E-state index contributed by atoms with van der Waals surface area (Å²) in [6.45, 7) is 3.60. The van der Waals surface area contributed by atoms with Gasteiger partial charge in [-0.1, -0.05) is 0 Å². The topological polar surface area (TPSA) is 49.6 Å². The normalized spacial score (nSPS) is 20.8. The van der Waals surface area contributed by atoms with Crippen molar-refractivity contribution in [2.45, 2.75) is 44.3 Å². The lowest BCUT2D eigenvalue weighted by Gasteiger charge is -2.45. The average Bonchev–Trinajstić information content (AvgIpc) is 3.22. The molecule has 2 aliphatic rings. The van der Waals surface area contributed by atoms with Gasteiger partial charge in [-0.2, -0.15) is 0 Å². The molecule has 1 spiro atoms. The Morgan fingerprint density at radius 1 is 1.08 bits per heavy atom. The van der Waals surface area contributed by atoms with Gasteiger partial charge in [-0.3, -0.25) is 14.7 Å². The molecule has 4 rings (SSSR count). The SMILES string of the molecule is O=C1CCC2(CCN(Cc3ccco3)CC2)N1Cc1ccncc1. The minimum Gasteiger partial charge on any atom is -0.468 e. The number of amides is 1. The number of carbonyl (C=O) groups excluding carboxylic acids is 1. The van der Waals surface area contributed by atoms with Gasteiger partial charge in [0.1, 0.15) is 5.76 Å². The summed E-state index contributed by atoms with van der Waals surface area (Å²) >= 11 is 0. The first-order valence-electron chi connectivity index (χ1n) is 8.69. The minimum atomic E-state index is 0.0417. The first-order chi connectivity index (χ1) is 11.8. The molecule has 0 aliphatic carbocycles. The zero-order valence-corrected chi connectivity index (χ0v) is 13.9. The van der Waals surface area contributed by atoms with E-state index < -0.39 is 0 Å². The quantitative estimate of drug-likeness (QED) is 0.867. The summed E-state index contributed by atoms with van der Waals surface area (Å²) < 4.78 is 5.46. The van der Waals surface area contributed by atoms with Gasteiger partial charge >= 0.3 is 0 Å². The molecule has 0 unspecified atom stereocenters. The zero-order chi connectivity index (χ0) is 16.4. The smallest absolute Gasteiger partial charge is 0.223 e. The van der Waals surface area contributed by atoms with Crippen LogP contribution in [-0.2, 0) is 17.9 Å². The summed E-state index contributed by atoms with van der Waals surface area (Å²) in [5.41, 5.74) is 1.21. The van der Waals surface area contributed by atoms with Crippen LogP contribution < -0.4 is 0 Å². The molecule has 24 heavy (non-hydrogen) atoms. The van der Waals surface area contributed by atoms with Gasteiger partial charge in [0.25, 0.3) is 0 Å². The van der Waals surface area contributed by atoms with Crippen molar-refractivity contribution in [2.75, 3.05) is 13.1 Å². The number of aromatic nitrogens is 1. The average molecular weight is 325 g/mol. The molecule has 4 heterocycles. The number of carbonyl (C=O) groups is 1. The number of furan rings is 1. The van der Waals surface area contributed by atoms with Crippen molar-refractivity contribution in [2.24, 2.45) is 0 Å². The van der Waals surface area contributed by atoms with Gasteiger partial charge in [-0.05, 0) is 49.1 Å². The molecule has 5 heteroatoms. The summed E-state index contributed by atoms with van der Waals surface area (Å²) in [6, 6.07) is 7.97. The molecule has 2 saturated heterocycles. The predicted octanol–water partition coefficient (Wildman–Crippen LogP) is 2.83. The molecule has 0 atom stereocenters. The van der Waals surface area contributed by atoms with E-state index in [4.69, 9.17) is 4.42 Å². The zero-order valence-electron chi connectivity index (χ0n) is 13.9. The van der Waals surface area contributed by atoms with Crippen molar-refractivity contribution in [3.8, 4) is 0 Å². The van der Waals surface area contributed by atoms with Crippen molar-refractivity contribution in [1.82, 2.24) is 14.8 Å². The van der Waals surface area contributed by atoms with E-state index in [1.54, 1.807) is 18.7 Å². The molecule has 5 nitrogen and oxygen atoms in total. The fourth-order valence-electron chi connectivity index (χ4n) is 4.07. The van der Waals surface area contributed by atoms with E-state index in [9.17, 15) is 4.79 Å². The fraction of sp³-hybridized carbons (Fsp3) is 0.474. The Morgan fingerprint density at radius 2 is 1.88 bits per heavy atom. The third-order valence-corrected chi connectivity index (χ3v) is 5.51. The van der Waals surface area contributed by atoms with Crippen molar-refractivity contribution in [1.29, 1.82) is 0 Å². The minimum absolute atomic E-state index is 0.0417. The monoisotopic (exact) mass is 325 g/mol. The number of nitrogens with zero attached hydrogens (tertiary/aromatic N) is 3. The van der Waals surface area contributed by atoms with Gasteiger partial charge < -0.3 is 9.32 Å². The lowest BCUT2D eigenvalue weighted by atomic mass is 9.84. The Morgan fingerprint density at radius 3 is 2.58 bits per heavy atom. The highest BCUT2D eigenvalue weighted by atomic mass is 16.3. The first kappa shape index (κ1) is 15.4. The molecular formula is C19H23N3O2. The molecule has 0 N–H and O–H groups in total. The molecular weight excluding hydrogens is 302 g/mol. The number of rotatable bonds is 4. The molecule has 0 radical (unpaired) electrons. The standard InChI is InChI=1S/C19H23N3O2/c23-18-3-6-19(22(18)14-16-4-9-20-10-5-16)7-11-21(12-8-19)15-17-2-1-13-24-17/h1-2,4-5,9-10,13H,3,6-8,11-12,14-15H2. The molecule has 0 aromatic carbocycles. The van der Waals surface area contributed by atoms with E-state index in [1.165, 1.54) is 0 Å². The molecule has 2 aromatic rings. The largest absolute Gasteiger partial charge is 0.468 e. The number of piperidine rings is 1. The highest BCUT2D eigenvalue weighted by molar-refractivity contribution is 5.79. The number of hydrogen-bond acceptors (Lipinski definition) is 4. The Kier molecular flexibility index (Phi) is 4.10. The molecule has 0 saturated carbocycles. The van der Waals surface area contributed by atoms with Gasteiger partial charge in [0.15, 0.2) is 0 Å². The van der Waals surface area contributed by atoms with E-state index in [1.807, 2.05) is 24.3 Å². The lowest BCUT2D eigenvalue weighted by Crippen LogP contribution is -2.52. The maximum Gasteiger partial charge on any atom is 0.223 e. The van der Waals surface area contributed by atoms with Gasteiger partial charge in [0.2, 0.25) is 5.91 Å². The van der Waals surface area contributed by atoms with Crippen LogP contribution in [0.2, 0.25) is 0 Å². The van der Waals surface area contributed by atoms with Crippen LogP contribution in [0.4, 0.5) is 0 Å². The Bertz CT molecular complexity index is 676. The van der Waals surface area contributed by atoms with Crippen LogP contribution in [-0.4, -0.2) is 39.3 Å². The highest BCUT2D eigenvalue weighted by Crippen LogP contribution is 2.40. The lowest BCUT2D eigenvalue weighted by molar-refractivity contribution is -0.133. The summed E-state index contributed by atoms with van der Waals surface area (Å²) in [4.78, 5) is 21.1. The van der Waals surface area contributed by atoms with Crippen LogP contribution in [0.25, 0.3) is 0 Å². The highest BCUT2D eigenvalue weighted by Gasteiger charge is 2.46. The second kappa shape index (κ2) is 6.40. The molecule has 126 valence electrons. The van der Waals surface area contributed by atoms with Crippen molar-refractivity contribution in [3.05, 3.63) is 54.2 Å². The summed E-state index contributed by atoms with van der Waals surface area (Å²) in [5.74, 6) is 1.31. The molecule has 2 aliphatic heterocycles. The van der Waals surface area contributed by atoms with Crippen LogP contribution in [0.3, 0.4) is 0 Å². The second-order valence-corrected chi connectivity index (χ2v) is 6.92. The number of likely N-dealkylation sites (tertiary alicyclic amines) is 2. The number of hydrogen-bond donors (Lipinski definition) is 0. The van der Waals surface area contributed by atoms with Gasteiger partial charge in [-0.15, -0.1) is 0 Å². The van der Waals surface area contributed by atoms with E-state index in [0.717, 1.165) is 50.2 Å². The van der Waals surface area contributed by atoms with E-state index in [-0.39, 0.29) is 5.54 Å². The Hall–Kier alpha value is -2.14. The third-order valence-electron chi connectivity index (χ3n) is 5.51. The molecule has 2 fully saturated rings. The Labute approximate surface area is 142 Å². The van der Waals surface area contributed by atoms with Crippen LogP contribution in [0.1, 0.15) is 37.0 Å². The van der Waals surface area contributed by atoms with Crippen LogP contribution in [0, 0.1) is 0 Å². The molecule has 0 bridgehead atoms. The molecule has 2 aromatic heterocycles. The van der Waals surface area contributed by atoms with E-state index in [2.05, 4.69) is 14.8 Å². The predicted molar refractivity (Wildman–Crippen MR) is 90.0 cm³/mol. The third kappa shape index (κ3) is 2.96. The number of pyridine rings is 1.